The van der Waals surface area contributed by atoms with Gasteiger partial charge in [0.15, 0.2) is 0 Å². The normalized spacial score (nSPS) is 12.4. The van der Waals surface area contributed by atoms with Crippen LogP contribution in [0.2, 0.25) is 0 Å². The summed E-state index contributed by atoms with van der Waals surface area (Å²) in [6.07, 6.45) is 3.42. The fourth-order valence-electron chi connectivity index (χ4n) is 4.05. The van der Waals surface area contributed by atoms with Crippen LogP contribution < -0.4 is 5.32 Å². The summed E-state index contributed by atoms with van der Waals surface area (Å²) >= 11 is 0. The van der Waals surface area contributed by atoms with Gasteiger partial charge in [-0.3, -0.25) is 14.3 Å². The van der Waals surface area contributed by atoms with E-state index in [1.807, 2.05) is 36.4 Å². The van der Waals surface area contributed by atoms with Crippen LogP contribution in [0, 0.1) is 0 Å². The maximum atomic E-state index is 13.1. The molecule has 0 saturated heterocycles. The minimum absolute atomic E-state index is 0.00307. The van der Waals surface area contributed by atoms with Crippen LogP contribution in [0.5, 0.6) is 5.75 Å². The van der Waals surface area contributed by atoms with Crippen molar-refractivity contribution in [3.63, 3.8) is 0 Å². The van der Waals surface area contributed by atoms with Crippen LogP contribution in [0.4, 0.5) is 5.69 Å². The van der Waals surface area contributed by atoms with E-state index in [9.17, 15) is 14.7 Å². The molecule has 0 radical (unpaired) electrons. The minimum Gasteiger partial charge on any atom is -0.508 e. The highest BCUT2D eigenvalue weighted by molar-refractivity contribution is 6.08. The van der Waals surface area contributed by atoms with Crippen LogP contribution in [0.25, 0.3) is 11.1 Å². The molecule has 5 rings (SSSR count). The maximum absolute atomic E-state index is 13.1. The maximum Gasteiger partial charge on any atom is 0.256 e. The SMILES string of the molecule is O=C(Nc1ccc2c(c1)CN(C(=O)Cn1cccn1)C2)c1ccccc1-c1ccc(O)cc1. The number of nitrogens with zero attached hydrogens (tertiary/aromatic N) is 3. The number of rotatable bonds is 5. The zero-order valence-corrected chi connectivity index (χ0v) is 17.8. The largest absolute Gasteiger partial charge is 0.508 e. The van der Waals surface area contributed by atoms with Crippen molar-refractivity contribution in [1.29, 1.82) is 0 Å². The molecule has 0 bridgehead atoms. The lowest BCUT2D eigenvalue weighted by atomic mass is 9.99. The quantitative estimate of drug-likeness (QED) is 0.492. The number of aromatic hydroxyl groups is 1. The summed E-state index contributed by atoms with van der Waals surface area (Å²) in [4.78, 5) is 27.5. The average molecular weight is 438 g/mol. The zero-order chi connectivity index (χ0) is 22.8. The average Bonchev–Trinajstić information content (AvgIpc) is 3.49. The second-order valence-electron chi connectivity index (χ2n) is 7.98. The Hall–Kier alpha value is -4.39. The topological polar surface area (TPSA) is 87.5 Å². The molecule has 0 atom stereocenters. The van der Waals surface area contributed by atoms with Gasteiger partial charge in [-0.2, -0.15) is 5.10 Å². The van der Waals surface area contributed by atoms with E-state index in [2.05, 4.69) is 10.4 Å². The van der Waals surface area contributed by atoms with E-state index in [4.69, 9.17) is 0 Å². The Bertz CT molecular complexity index is 1310. The van der Waals surface area contributed by atoms with Crippen LogP contribution in [0.3, 0.4) is 0 Å². The number of anilines is 1. The number of hydrogen-bond acceptors (Lipinski definition) is 4. The minimum atomic E-state index is -0.219. The lowest BCUT2D eigenvalue weighted by Crippen LogP contribution is -2.29. The number of phenolic OH excluding ortho intramolecular Hbond substituents is 1. The fraction of sp³-hybridized carbons (Fsp3) is 0.115. The molecule has 0 aliphatic carbocycles. The molecule has 0 unspecified atom stereocenters. The van der Waals surface area contributed by atoms with Gasteiger partial charge in [-0.1, -0.05) is 36.4 Å². The van der Waals surface area contributed by atoms with Gasteiger partial charge in [-0.15, -0.1) is 0 Å². The van der Waals surface area contributed by atoms with Crippen molar-refractivity contribution in [1.82, 2.24) is 14.7 Å². The first-order valence-corrected chi connectivity index (χ1v) is 10.6. The van der Waals surface area contributed by atoms with E-state index in [-0.39, 0.29) is 24.1 Å². The van der Waals surface area contributed by atoms with Crippen molar-refractivity contribution in [2.24, 2.45) is 0 Å². The molecule has 1 aliphatic heterocycles. The highest BCUT2D eigenvalue weighted by Gasteiger charge is 2.24. The molecule has 7 nitrogen and oxygen atoms in total. The summed E-state index contributed by atoms with van der Waals surface area (Å²) in [5.74, 6) is -0.0393. The zero-order valence-electron chi connectivity index (χ0n) is 17.8. The van der Waals surface area contributed by atoms with Gasteiger partial charge in [0.2, 0.25) is 5.91 Å². The molecule has 3 aromatic carbocycles. The van der Waals surface area contributed by atoms with Crippen molar-refractivity contribution in [3.05, 3.63) is 102 Å². The first-order valence-electron chi connectivity index (χ1n) is 10.6. The van der Waals surface area contributed by atoms with E-state index in [0.29, 0.717) is 24.3 Å². The highest BCUT2D eigenvalue weighted by atomic mass is 16.3. The second-order valence-corrected chi connectivity index (χ2v) is 7.98. The summed E-state index contributed by atoms with van der Waals surface area (Å²) in [6.45, 7) is 1.26. The third kappa shape index (κ3) is 4.34. The first kappa shape index (κ1) is 20.5. The predicted molar refractivity (Wildman–Crippen MR) is 124 cm³/mol. The van der Waals surface area contributed by atoms with Crippen LogP contribution in [-0.2, 0) is 24.4 Å². The molecule has 33 heavy (non-hydrogen) atoms. The van der Waals surface area contributed by atoms with Crippen molar-refractivity contribution in [2.75, 3.05) is 5.32 Å². The monoisotopic (exact) mass is 438 g/mol. The molecule has 2 amide bonds. The number of carbonyl (C=O) groups excluding carboxylic acids is 2. The molecule has 0 spiro atoms. The Morgan fingerprint density at radius 3 is 2.52 bits per heavy atom. The first-order chi connectivity index (χ1) is 16.1. The Morgan fingerprint density at radius 2 is 1.73 bits per heavy atom. The number of fused-ring (bicyclic) bond motifs is 1. The molecule has 4 aromatic rings. The Morgan fingerprint density at radius 1 is 0.939 bits per heavy atom. The lowest BCUT2D eigenvalue weighted by Gasteiger charge is -2.15. The van der Waals surface area contributed by atoms with E-state index in [1.54, 1.807) is 58.4 Å². The van der Waals surface area contributed by atoms with Gasteiger partial charge < -0.3 is 15.3 Å². The van der Waals surface area contributed by atoms with E-state index in [1.165, 1.54) is 0 Å². The summed E-state index contributed by atoms with van der Waals surface area (Å²) in [5, 5.41) is 16.6. The number of phenols is 1. The molecule has 7 heteroatoms. The number of aromatic nitrogens is 2. The summed E-state index contributed by atoms with van der Waals surface area (Å²) in [6, 6.07) is 21.7. The van der Waals surface area contributed by atoms with Crippen LogP contribution >= 0.6 is 0 Å². The van der Waals surface area contributed by atoms with E-state index < -0.39 is 0 Å². The summed E-state index contributed by atoms with van der Waals surface area (Å²) in [7, 11) is 0. The number of benzene rings is 3. The smallest absolute Gasteiger partial charge is 0.256 e. The Labute approximate surface area is 190 Å². The molecule has 1 aromatic heterocycles. The summed E-state index contributed by atoms with van der Waals surface area (Å²) in [5.41, 5.74) is 4.95. The number of amides is 2. The molecule has 164 valence electrons. The van der Waals surface area contributed by atoms with Gasteiger partial charge in [-0.25, -0.2) is 0 Å². The standard InChI is InChI=1S/C26H22N4O3/c31-22-10-7-18(8-11-22)23-4-1-2-5-24(23)26(33)28-21-9-6-19-15-29(16-20(19)14-21)25(32)17-30-13-3-12-27-30/h1-14,31H,15-17H2,(H,28,33). The van der Waals surface area contributed by atoms with Gasteiger partial charge in [0.1, 0.15) is 12.3 Å². The lowest BCUT2D eigenvalue weighted by molar-refractivity contribution is -0.132. The van der Waals surface area contributed by atoms with Crippen molar-refractivity contribution < 1.29 is 14.7 Å². The van der Waals surface area contributed by atoms with Crippen LogP contribution in [0.1, 0.15) is 21.5 Å². The highest BCUT2D eigenvalue weighted by Crippen LogP contribution is 2.28. The van der Waals surface area contributed by atoms with Gasteiger partial charge >= 0.3 is 0 Å². The Kier molecular flexibility index (Phi) is 5.36. The molecular formula is C26H22N4O3. The van der Waals surface area contributed by atoms with E-state index >= 15 is 0 Å². The molecule has 2 heterocycles. The predicted octanol–water partition coefficient (Wildman–Crippen LogP) is 4.05. The molecule has 2 N–H and O–H groups in total. The molecule has 0 saturated carbocycles. The third-order valence-electron chi connectivity index (χ3n) is 5.75. The van der Waals surface area contributed by atoms with E-state index in [0.717, 1.165) is 22.3 Å². The van der Waals surface area contributed by atoms with Crippen molar-refractivity contribution in [3.8, 4) is 16.9 Å². The van der Waals surface area contributed by atoms with Gasteiger partial charge in [0.05, 0.1) is 0 Å². The molecular weight excluding hydrogens is 416 g/mol. The fourth-order valence-corrected chi connectivity index (χ4v) is 4.05. The van der Waals surface area contributed by atoms with Crippen LogP contribution in [0.15, 0.2) is 85.2 Å². The van der Waals surface area contributed by atoms with Gasteiger partial charge in [0, 0.05) is 36.7 Å². The van der Waals surface area contributed by atoms with Crippen molar-refractivity contribution in [2.45, 2.75) is 19.6 Å². The van der Waals surface area contributed by atoms with Gasteiger partial charge in [0.25, 0.3) is 5.91 Å². The van der Waals surface area contributed by atoms with Crippen LogP contribution in [-0.4, -0.2) is 31.6 Å². The third-order valence-corrected chi connectivity index (χ3v) is 5.75. The van der Waals surface area contributed by atoms with Gasteiger partial charge in [-0.05, 0) is 58.7 Å². The number of hydrogen-bond donors (Lipinski definition) is 2. The second kappa shape index (κ2) is 8.63. The van der Waals surface area contributed by atoms with Crippen molar-refractivity contribution >= 4 is 17.5 Å². The summed E-state index contributed by atoms with van der Waals surface area (Å²) < 4.78 is 1.61. The number of nitrogens with one attached hydrogen (secondary N) is 1. The molecule has 0 fully saturated rings. The molecule has 1 aliphatic rings. The number of carbonyl (C=O) groups is 2. The Balaban J connectivity index is 1.31.